The molecule has 0 amide bonds. The first kappa shape index (κ1) is 10.2. The van der Waals surface area contributed by atoms with Crippen molar-refractivity contribution < 1.29 is 0 Å². The summed E-state index contributed by atoms with van der Waals surface area (Å²) in [5.41, 5.74) is 3.09. The molecule has 0 fully saturated rings. The minimum atomic E-state index is 0.658. The molecule has 0 saturated carbocycles. The van der Waals surface area contributed by atoms with Crippen LogP contribution in [0.2, 0.25) is 0 Å². The Morgan fingerprint density at radius 1 is 1.24 bits per heavy atom. The topological polar surface area (TPSA) is 46.5 Å². The highest BCUT2D eigenvalue weighted by Gasteiger charge is 2.04. The zero-order valence-corrected chi connectivity index (χ0v) is 9.81. The fraction of sp³-hybridized carbons (Fsp3) is 0.0833. The fourth-order valence-corrected chi connectivity index (χ4v) is 2.11. The van der Waals surface area contributed by atoms with Crippen LogP contribution >= 0.6 is 12.2 Å². The molecule has 0 atom stereocenters. The Labute approximate surface area is 103 Å². The summed E-state index contributed by atoms with van der Waals surface area (Å²) >= 11 is 5.32. The minimum Gasteiger partial charge on any atom is -0.331 e. The van der Waals surface area contributed by atoms with Crippen molar-refractivity contribution >= 4 is 23.3 Å². The average molecular weight is 242 g/mol. The van der Waals surface area contributed by atoms with Gasteiger partial charge in [0.05, 0.1) is 23.3 Å². The fourth-order valence-electron chi connectivity index (χ4n) is 1.84. The largest absolute Gasteiger partial charge is 0.331 e. The van der Waals surface area contributed by atoms with Gasteiger partial charge in [-0.3, -0.25) is 0 Å². The van der Waals surface area contributed by atoms with Gasteiger partial charge in [0.1, 0.15) is 6.33 Å². The van der Waals surface area contributed by atoms with E-state index in [-0.39, 0.29) is 0 Å². The molecule has 4 nitrogen and oxygen atoms in total. The Hall–Kier alpha value is -2.01. The van der Waals surface area contributed by atoms with Gasteiger partial charge in [0.2, 0.25) is 0 Å². The molecule has 0 saturated heterocycles. The van der Waals surface area contributed by atoms with E-state index in [9.17, 15) is 0 Å². The van der Waals surface area contributed by atoms with Gasteiger partial charge in [-0.25, -0.2) is 9.97 Å². The van der Waals surface area contributed by atoms with Crippen LogP contribution in [0.4, 0.5) is 0 Å². The Morgan fingerprint density at radius 2 is 2.12 bits per heavy atom. The Morgan fingerprint density at radius 3 is 2.94 bits per heavy atom. The lowest BCUT2D eigenvalue weighted by molar-refractivity contribution is 0.780. The summed E-state index contributed by atoms with van der Waals surface area (Å²) in [5.74, 6) is 0. The molecule has 2 heterocycles. The van der Waals surface area contributed by atoms with Crippen molar-refractivity contribution in [2.24, 2.45) is 0 Å². The minimum absolute atomic E-state index is 0.658. The molecule has 1 aromatic carbocycles. The van der Waals surface area contributed by atoms with E-state index in [4.69, 9.17) is 12.2 Å². The predicted octanol–water partition coefficient (Wildman–Crippen LogP) is 2.54. The van der Waals surface area contributed by atoms with Gasteiger partial charge in [-0.2, -0.15) is 0 Å². The zero-order chi connectivity index (χ0) is 11.7. The number of fused-ring (bicyclic) bond motifs is 1. The number of nitrogens with zero attached hydrogens (tertiary/aromatic N) is 3. The number of para-hydroxylation sites is 2. The third-order valence-electron chi connectivity index (χ3n) is 2.64. The van der Waals surface area contributed by atoms with Gasteiger partial charge in [0, 0.05) is 6.20 Å². The molecule has 17 heavy (non-hydrogen) atoms. The van der Waals surface area contributed by atoms with Crippen molar-refractivity contribution in [3.63, 3.8) is 0 Å². The van der Waals surface area contributed by atoms with E-state index in [0.29, 0.717) is 11.3 Å². The summed E-state index contributed by atoms with van der Waals surface area (Å²) in [7, 11) is 0. The summed E-state index contributed by atoms with van der Waals surface area (Å²) < 4.78 is 2.75. The van der Waals surface area contributed by atoms with Crippen LogP contribution in [0.5, 0.6) is 0 Å². The van der Waals surface area contributed by atoms with Crippen LogP contribution in [0.3, 0.4) is 0 Å². The van der Waals surface area contributed by atoms with Crippen molar-refractivity contribution in [2.45, 2.75) is 6.54 Å². The van der Waals surface area contributed by atoms with E-state index in [1.165, 1.54) is 0 Å². The molecule has 0 aliphatic carbocycles. The molecule has 0 bridgehead atoms. The highest BCUT2D eigenvalue weighted by Crippen LogP contribution is 2.14. The zero-order valence-electron chi connectivity index (χ0n) is 9.00. The van der Waals surface area contributed by atoms with Crippen molar-refractivity contribution in [1.29, 1.82) is 0 Å². The molecule has 2 aromatic heterocycles. The van der Waals surface area contributed by atoms with Gasteiger partial charge in [-0.15, -0.1) is 0 Å². The third kappa shape index (κ3) is 1.85. The maximum absolute atomic E-state index is 5.32. The number of aromatic amines is 1. The van der Waals surface area contributed by atoms with E-state index < -0.39 is 0 Å². The number of benzene rings is 1. The summed E-state index contributed by atoms with van der Waals surface area (Å²) in [6.07, 6.45) is 3.29. The summed E-state index contributed by atoms with van der Waals surface area (Å²) in [6.45, 7) is 0.658. The number of hydrogen-bond donors (Lipinski definition) is 1. The van der Waals surface area contributed by atoms with Crippen molar-refractivity contribution in [2.75, 3.05) is 0 Å². The summed E-state index contributed by atoms with van der Waals surface area (Å²) in [4.78, 5) is 11.3. The van der Waals surface area contributed by atoms with Gasteiger partial charge < -0.3 is 9.55 Å². The maximum atomic E-state index is 5.32. The number of hydrogen-bond acceptors (Lipinski definition) is 3. The highest BCUT2D eigenvalue weighted by molar-refractivity contribution is 7.71. The van der Waals surface area contributed by atoms with Gasteiger partial charge in [0.25, 0.3) is 0 Å². The molecule has 0 radical (unpaired) electrons. The van der Waals surface area contributed by atoms with Crippen LogP contribution in [-0.4, -0.2) is 19.5 Å². The standard InChI is InChI=1S/C12H10N4S/c17-12-15-10-3-1-2-4-11(10)16(12)7-9-5-6-13-8-14-9/h1-6,8H,7H2,(H,15,17). The first-order chi connectivity index (χ1) is 8.34. The number of nitrogens with one attached hydrogen (secondary N) is 1. The normalized spacial score (nSPS) is 10.8. The second kappa shape index (κ2) is 4.10. The van der Waals surface area contributed by atoms with Crippen molar-refractivity contribution in [3.8, 4) is 0 Å². The maximum Gasteiger partial charge on any atom is 0.178 e. The molecule has 0 spiro atoms. The van der Waals surface area contributed by atoms with E-state index in [0.717, 1.165) is 16.7 Å². The number of aromatic nitrogens is 4. The van der Waals surface area contributed by atoms with E-state index in [1.807, 2.05) is 34.9 Å². The van der Waals surface area contributed by atoms with Gasteiger partial charge in [-0.1, -0.05) is 12.1 Å². The molecule has 0 unspecified atom stereocenters. The lowest BCUT2D eigenvalue weighted by Gasteiger charge is -2.03. The molecule has 0 aliphatic heterocycles. The van der Waals surface area contributed by atoms with Gasteiger partial charge in [-0.05, 0) is 30.4 Å². The van der Waals surface area contributed by atoms with E-state index in [2.05, 4.69) is 15.0 Å². The van der Waals surface area contributed by atoms with Crippen LogP contribution in [0, 0.1) is 4.77 Å². The lowest BCUT2D eigenvalue weighted by Crippen LogP contribution is -2.01. The quantitative estimate of drug-likeness (QED) is 0.702. The van der Waals surface area contributed by atoms with Crippen LogP contribution in [0.15, 0.2) is 42.9 Å². The number of imidazole rings is 1. The highest BCUT2D eigenvalue weighted by atomic mass is 32.1. The molecule has 1 N–H and O–H groups in total. The average Bonchev–Trinajstić information content (AvgIpc) is 2.68. The molecule has 3 rings (SSSR count). The lowest BCUT2D eigenvalue weighted by atomic mass is 10.3. The van der Waals surface area contributed by atoms with Crippen LogP contribution < -0.4 is 0 Å². The predicted molar refractivity (Wildman–Crippen MR) is 68.3 cm³/mol. The second-order valence-electron chi connectivity index (χ2n) is 3.73. The molecular weight excluding hydrogens is 232 g/mol. The second-order valence-corrected chi connectivity index (χ2v) is 4.12. The van der Waals surface area contributed by atoms with Crippen LogP contribution in [0.1, 0.15) is 5.69 Å². The number of rotatable bonds is 2. The summed E-state index contributed by atoms with van der Waals surface area (Å²) in [5, 5.41) is 0. The molecule has 0 aliphatic rings. The molecule has 3 aromatic rings. The Kier molecular flexibility index (Phi) is 2.45. The molecule has 84 valence electrons. The van der Waals surface area contributed by atoms with Crippen LogP contribution in [-0.2, 0) is 6.54 Å². The first-order valence-corrected chi connectivity index (χ1v) is 5.68. The summed E-state index contributed by atoms with van der Waals surface area (Å²) in [6, 6.07) is 9.94. The Balaban J connectivity index is 2.12. The van der Waals surface area contributed by atoms with Crippen LogP contribution in [0.25, 0.3) is 11.0 Å². The van der Waals surface area contributed by atoms with E-state index in [1.54, 1.807) is 12.5 Å². The molecular formula is C12H10N4S. The van der Waals surface area contributed by atoms with E-state index >= 15 is 0 Å². The van der Waals surface area contributed by atoms with Gasteiger partial charge in [0.15, 0.2) is 4.77 Å². The smallest absolute Gasteiger partial charge is 0.178 e. The third-order valence-corrected chi connectivity index (χ3v) is 2.97. The Bertz CT molecular complexity index is 699. The van der Waals surface area contributed by atoms with Crippen molar-refractivity contribution in [3.05, 3.63) is 53.3 Å². The SMILES string of the molecule is S=c1[nH]c2ccccc2n1Cc1ccncn1. The first-order valence-electron chi connectivity index (χ1n) is 5.27. The monoisotopic (exact) mass is 242 g/mol. The number of H-pyrrole nitrogens is 1. The van der Waals surface area contributed by atoms with Crippen molar-refractivity contribution in [1.82, 2.24) is 19.5 Å². The van der Waals surface area contributed by atoms with Gasteiger partial charge >= 0.3 is 0 Å². The molecule has 5 heteroatoms.